The first-order valence-electron chi connectivity index (χ1n) is 10.1. The maximum Gasteiger partial charge on any atom is 0.242 e. The monoisotopic (exact) mass is 405 g/mol. The van der Waals surface area contributed by atoms with Gasteiger partial charge in [0.15, 0.2) is 11.5 Å². The molecular weight excluding hydrogens is 382 g/mol. The van der Waals surface area contributed by atoms with E-state index in [1.54, 1.807) is 7.05 Å². The largest absolute Gasteiger partial charge is 0.454 e. The van der Waals surface area contributed by atoms with Crippen molar-refractivity contribution in [3.63, 3.8) is 0 Å². The third kappa shape index (κ3) is 3.16. The van der Waals surface area contributed by atoms with Gasteiger partial charge in [0, 0.05) is 31.4 Å². The van der Waals surface area contributed by atoms with Gasteiger partial charge in [0.1, 0.15) is 0 Å². The number of anilines is 1. The fraction of sp³-hybridized carbons (Fsp3) is 0.304. The zero-order chi connectivity index (χ0) is 20.7. The van der Waals surface area contributed by atoms with E-state index in [4.69, 9.17) is 9.47 Å². The van der Waals surface area contributed by atoms with Crippen molar-refractivity contribution in [3.8, 4) is 11.5 Å². The molecule has 3 aliphatic heterocycles. The predicted octanol–water partition coefficient (Wildman–Crippen LogP) is 2.79. The van der Waals surface area contributed by atoms with Gasteiger partial charge < -0.3 is 24.6 Å². The van der Waals surface area contributed by atoms with Gasteiger partial charge in [-0.05, 0) is 41.3 Å². The van der Waals surface area contributed by atoms with E-state index >= 15 is 0 Å². The lowest BCUT2D eigenvalue weighted by Crippen LogP contribution is -2.42. The van der Waals surface area contributed by atoms with Crippen molar-refractivity contribution in [1.82, 2.24) is 9.80 Å². The van der Waals surface area contributed by atoms with Crippen LogP contribution in [-0.4, -0.2) is 49.0 Å². The minimum atomic E-state index is -0.237. The first-order valence-corrected chi connectivity index (χ1v) is 10.1. The molecule has 0 spiro atoms. The molecule has 2 bridgehead atoms. The van der Waals surface area contributed by atoms with E-state index in [1.807, 2.05) is 29.2 Å². The number of hydrogen-bond acceptors (Lipinski definition) is 5. The first-order chi connectivity index (χ1) is 14.6. The molecule has 0 unspecified atom stereocenters. The van der Waals surface area contributed by atoms with Gasteiger partial charge in [-0.2, -0.15) is 0 Å². The van der Waals surface area contributed by atoms with Crippen LogP contribution in [0.2, 0.25) is 0 Å². The number of ether oxygens (including phenoxy) is 2. The average Bonchev–Trinajstić information content (AvgIpc) is 3.24. The van der Waals surface area contributed by atoms with Crippen LogP contribution in [0.3, 0.4) is 0 Å². The molecule has 1 N–H and O–H groups in total. The Bertz CT molecular complexity index is 1050. The number of para-hydroxylation sites is 1. The van der Waals surface area contributed by atoms with Crippen LogP contribution in [0.1, 0.15) is 29.2 Å². The molecule has 0 radical (unpaired) electrons. The summed E-state index contributed by atoms with van der Waals surface area (Å²) >= 11 is 0. The molecule has 0 aliphatic carbocycles. The van der Waals surface area contributed by atoms with Crippen LogP contribution >= 0.6 is 0 Å². The fourth-order valence-electron chi connectivity index (χ4n) is 4.38. The van der Waals surface area contributed by atoms with Crippen molar-refractivity contribution < 1.29 is 19.1 Å². The number of amides is 2. The number of hydrogen-bond donors (Lipinski definition) is 1. The second kappa shape index (κ2) is 7.40. The molecular formula is C23H23N3O4. The third-order valence-corrected chi connectivity index (χ3v) is 5.90. The zero-order valence-electron chi connectivity index (χ0n) is 16.8. The van der Waals surface area contributed by atoms with Crippen LogP contribution in [0.5, 0.6) is 11.5 Å². The van der Waals surface area contributed by atoms with Gasteiger partial charge in [0.2, 0.25) is 19.1 Å². The van der Waals surface area contributed by atoms with E-state index < -0.39 is 0 Å². The summed E-state index contributed by atoms with van der Waals surface area (Å²) in [6.45, 7) is 1.45. The van der Waals surface area contributed by atoms with Gasteiger partial charge >= 0.3 is 0 Å². The highest BCUT2D eigenvalue weighted by molar-refractivity contribution is 5.84. The van der Waals surface area contributed by atoms with Crippen molar-refractivity contribution in [2.45, 2.75) is 19.0 Å². The number of fused-ring (bicyclic) bond motifs is 6. The quantitative estimate of drug-likeness (QED) is 0.796. The van der Waals surface area contributed by atoms with Gasteiger partial charge in [-0.3, -0.25) is 9.59 Å². The van der Waals surface area contributed by atoms with Crippen molar-refractivity contribution >= 4 is 23.6 Å². The molecule has 30 heavy (non-hydrogen) atoms. The van der Waals surface area contributed by atoms with Gasteiger partial charge in [-0.25, -0.2) is 0 Å². The summed E-state index contributed by atoms with van der Waals surface area (Å²) in [6.07, 6.45) is 3.61. The lowest BCUT2D eigenvalue weighted by molar-refractivity contribution is -0.136. The number of carbonyl (C=O) groups is 2. The Balaban J connectivity index is 1.63. The smallest absolute Gasteiger partial charge is 0.242 e. The van der Waals surface area contributed by atoms with Gasteiger partial charge in [0.05, 0.1) is 12.6 Å². The maximum atomic E-state index is 13.1. The van der Waals surface area contributed by atoms with E-state index in [2.05, 4.69) is 23.5 Å². The molecule has 3 aliphatic rings. The predicted molar refractivity (Wildman–Crippen MR) is 112 cm³/mol. The van der Waals surface area contributed by atoms with E-state index in [-0.39, 0.29) is 25.3 Å². The van der Waals surface area contributed by atoms with E-state index in [0.717, 1.165) is 34.5 Å². The topological polar surface area (TPSA) is 71.1 Å². The number of nitrogens with one attached hydrogen (secondary N) is 1. The van der Waals surface area contributed by atoms with Crippen molar-refractivity contribution in [1.29, 1.82) is 0 Å². The highest BCUT2D eigenvalue weighted by atomic mass is 16.7. The maximum absolute atomic E-state index is 13.1. The Morgan fingerprint density at radius 3 is 2.90 bits per heavy atom. The van der Waals surface area contributed by atoms with Crippen LogP contribution in [0.15, 0.2) is 42.5 Å². The molecule has 0 saturated carbocycles. The molecule has 0 saturated heterocycles. The van der Waals surface area contributed by atoms with E-state index in [9.17, 15) is 9.59 Å². The Labute approximate surface area is 174 Å². The van der Waals surface area contributed by atoms with Crippen molar-refractivity contribution in [2.24, 2.45) is 0 Å². The molecule has 5 rings (SSSR count). The highest BCUT2D eigenvalue weighted by Crippen LogP contribution is 2.43. The van der Waals surface area contributed by atoms with Gasteiger partial charge in [0.25, 0.3) is 0 Å². The van der Waals surface area contributed by atoms with Crippen LogP contribution < -0.4 is 14.8 Å². The number of nitrogens with zero attached hydrogens (tertiary/aromatic N) is 2. The molecule has 0 aromatic heterocycles. The summed E-state index contributed by atoms with van der Waals surface area (Å²) in [4.78, 5) is 27.3. The lowest BCUT2D eigenvalue weighted by Gasteiger charge is -2.36. The third-order valence-electron chi connectivity index (χ3n) is 5.90. The summed E-state index contributed by atoms with van der Waals surface area (Å²) in [7, 11) is 1.62. The summed E-state index contributed by atoms with van der Waals surface area (Å²) in [6, 6.07) is 12.0. The Hall–Kier alpha value is -3.48. The highest BCUT2D eigenvalue weighted by Gasteiger charge is 2.32. The van der Waals surface area contributed by atoms with Gasteiger partial charge in [-0.1, -0.05) is 24.3 Å². The number of benzene rings is 2. The SMILES string of the molecule is CN(C=O)CC(=O)N1CCC2=C[C@H]1c1cc3c(cc1CNc1ccccc12)OCO3. The molecule has 1 atom stereocenters. The van der Waals surface area contributed by atoms with Crippen LogP contribution in [0.4, 0.5) is 5.69 Å². The molecule has 0 fully saturated rings. The number of carbonyl (C=O) groups excluding carboxylic acids is 2. The van der Waals surface area contributed by atoms with E-state index in [1.165, 1.54) is 10.5 Å². The van der Waals surface area contributed by atoms with Crippen molar-refractivity contribution in [3.05, 3.63) is 59.2 Å². The first kappa shape index (κ1) is 18.5. The normalized spacial score (nSPS) is 18.6. The second-order valence-corrected chi connectivity index (χ2v) is 7.80. The number of rotatable bonds is 3. The average molecular weight is 405 g/mol. The van der Waals surface area contributed by atoms with E-state index in [0.29, 0.717) is 25.2 Å². The second-order valence-electron chi connectivity index (χ2n) is 7.80. The molecule has 2 aromatic rings. The Kier molecular flexibility index (Phi) is 4.58. The standard InChI is InChI=1S/C23H23N3O4/c1-25(13-27)12-23(28)26-7-6-15-8-20(26)18-10-22-21(29-14-30-22)9-16(18)11-24-19-5-3-2-4-17(15)19/h2-5,8-10,13,20,24H,6-7,11-12,14H2,1H3/t20-/m0/s1. The van der Waals surface area contributed by atoms with Gasteiger partial charge in [-0.15, -0.1) is 0 Å². The summed E-state index contributed by atoms with van der Waals surface area (Å²) < 4.78 is 11.2. The molecule has 3 heterocycles. The molecule has 7 nitrogen and oxygen atoms in total. The molecule has 2 aromatic carbocycles. The number of likely N-dealkylation sites (N-methyl/N-ethyl adjacent to an activating group) is 1. The van der Waals surface area contributed by atoms with Crippen molar-refractivity contribution in [2.75, 3.05) is 32.2 Å². The Morgan fingerprint density at radius 2 is 2.07 bits per heavy atom. The summed E-state index contributed by atoms with van der Waals surface area (Å²) in [5.74, 6) is 1.35. The lowest BCUT2D eigenvalue weighted by atomic mass is 9.90. The minimum absolute atomic E-state index is 0.0535. The zero-order valence-corrected chi connectivity index (χ0v) is 16.8. The fourth-order valence-corrected chi connectivity index (χ4v) is 4.38. The van der Waals surface area contributed by atoms with Crippen LogP contribution in [0, 0.1) is 0 Å². The minimum Gasteiger partial charge on any atom is -0.454 e. The summed E-state index contributed by atoms with van der Waals surface area (Å²) in [5, 5.41) is 3.56. The van der Waals surface area contributed by atoms with Crippen LogP contribution in [-0.2, 0) is 16.1 Å². The molecule has 2 amide bonds. The van der Waals surface area contributed by atoms with Crippen LogP contribution in [0.25, 0.3) is 5.57 Å². The Morgan fingerprint density at radius 1 is 1.27 bits per heavy atom. The molecule has 154 valence electrons. The summed E-state index contributed by atoms with van der Waals surface area (Å²) in [5.41, 5.74) is 5.52. The molecule has 7 heteroatoms.